The van der Waals surface area contributed by atoms with Crippen LogP contribution >= 0.6 is 0 Å². The number of fused-ring (bicyclic) bond motifs is 2. The molecular weight excluding hydrogens is 306 g/mol. The Kier molecular flexibility index (Phi) is 3.81. The molecule has 1 aliphatic carbocycles. The first kappa shape index (κ1) is 15.3. The van der Waals surface area contributed by atoms with Gasteiger partial charge < -0.3 is 14.2 Å². The standard InChI is InChI=1S/C19H21NO4/c1-20-8-7-13-9-16-17(24-11-23-16)10-15(13)18(20)19(21)12-3-5-14(22-2)6-4-12/h3-6,9-10,13,15,18H,7-8,11H2,1-2H3. The molecule has 1 aromatic rings. The Balaban J connectivity index is 1.64. The Morgan fingerprint density at radius 3 is 2.58 bits per heavy atom. The molecule has 24 heavy (non-hydrogen) atoms. The molecular formula is C19H21NO4. The summed E-state index contributed by atoms with van der Waals surface area (Å²) < 4.78 is 16.2. The van der Waals surface area contributed by atoms with Crippen molar-refractivity contribution < 1.29 is 19.0 Å². The number of likely N-dealkylation sites (tertiary alicyclic amines) is 1. The number of Topliss-reactive ketones (excluding diaryl/α,β-unsaturated/α-hetero) is 1. The number of nitrogens with zero attached hydrogens (tertiary/aromatic N) is 1. The van der Waals surface area contributed by atoms with E-state index in [4.69, 9.17) is 14.2 Å². The molecule has 0 radical (unpaired) electrons. The minimum atomic E-state index is -0.188. The number of hydrogen-bond donors (Lipinski definition) is 0. The van der Waals surface area contributed by atoms with Gasteiger partial charge in [-0.3, -0.25) is 9.69 Å². The maximum atomic E-state index is 13.2. The highest BCUT2D eigenvalue weighted by Gasteiger charge is 2.42. The van der Waals surface area contributed by atoms with Crippen LogP contribution in [0.1, 0.15) is 16.8 Å². The topological polar surface area (TPSA) is 48.0 Å². The number of rotatable bonds is 3. The van der Waals surface area contributed by atoms with Crippen LogP contribution in [0.5, 0.6) is 5.75 Å². The van der Waals surface area contributed by atoms with Gasteiger partial charge in [0.1, 0.15) is 5.75 Å². The summed E-state index contributed by atoms with van der Waals surface area (Å²) in [6.07, 6.45) is 5.23. The van der Waals surface area contributed by atoms with E-state index in [9.17, 15) is 4.79 Å². The van der Waals surface area contributed by atoms with Crippen molar-refractivity contribution in [1.29, 1.82) is 0 Å². The fraction of sp³-hybridized carbons (Fsp3) is 0.421. The van der Waals surface area contributed by atoms with Crippen molar-refractivity contribution in [3.8, 4) is 5.75 Å². The number of benzene rings is 1. The lowest BCUT2D eigenvalue weighted by Gasteiger charge is -2.42. The molecule has 5 nitrogen and oxygen atoms in total. The van der Waals surface area contributed by atoms with E-state index >= 15 is 0 Å². The highest BCUT2D eigenvalue weighted by atomic mass is 16.7. The summed E-state index contributed by atoms with van der Waals surface area (Å²) in [7, 11) is 3.64. The van der Waals surface area contributed by atoms with Crippen molar-refractivity contribution in [2.45, 2.75) is 12.5 Å². The van der Waals surface area contributed by atoms with Crippen LogP contribution in [0.3, 0.4) is 0 Å². The van der Waals surface area contributed by atoms with Gasteiger partial charge in [0.2, 0.25) is 6.79 Å². The van der Waals surface area contributed by atoms with Gasteiger partial charge in [-0.1, -0.05) is 0 Å². The molecule has 4 rings (SSSR count). The van der Waals surface area contributed by atoms with Gasteiger partial charge in [-0.2, -0.15) is 0 Å². The minimum Gasteiger partial charge on any atom is -0.497 e. The summed E-state index contributed by atoms with van der Waals surface area (Å²) in [6, 6.07) is 7.15. The Bertz CT molecular complexity index is 707. The van der Waals surface area contributed by atoms with Gasteiger partial charge in [0.05, 0.1) is 13.2 Å². The molecule has 3 atom stereocenters. The summed E-state index contributed by atoms with van der Waals surface area (Å²) >= 11 is 0. The van der Waals surface area contributed by atoms with Crippen LogP contribution in [0, 0.1) is 11.8 Å². The lowest BCUT2D eigenvalue weighted by Crippen LogP contribution is -2.51. The monoisotopic (exact) mass is 327 g/mol. The van der Waals surface area contributed by atoms with E-state index in [1.54, 1.807) is 7.11 Å². The summed E-state index contributed by atoms with van der Waals surface area (Å²) in [4.78, 5) is 15.3. The smallest absolute Gasteiger partial charge is 0.231 e. The first-order valence-corrected chi connectivity index (χ1v) is 8.25. The molecule has 2 saturated heterocycles. The molecule has 0 amide bonds. The first-order valence-electron chi connectivity index (χ1n) is 8.25. The van der Waals surface area contributed by atoms with Gasteiger partial charge in [0.25, 0.3) is 0 Å². The van der Waals surface area contributed by atoms with E-state index in [1.165, 1.54) is 0 Å². The molecule has 0 aromatic heterocycles. The van der Waals surface area contributed by atoms with Crippen molar-refractivity contribution >= 4 is 5.78 Å². The van der Waals surface area contributed by atoms with Crippen molar-refractivity contribution in [3.63, 3.8) is 0 Å². The van der Waals surface area contributed by atoms with Crippen molar-refractivity contribution in [2.24, 2.45) is 11.8 Å². The van der Waals surface area contributed by atoms with E-state index in [2.05, 4.69) is 17.1 Å². The van der Waals surface area contributed by atoms with Crippen molar-refractivity contribution in [3.05, 3.63) is 53.5 Å². The van der Waals surface area contributed by atoms with Gasteiger partial charge in [0.15, 0.2) is 17.3 Å². The number of piperidine rings is 1. The quantitative estimate of drug-likeness (QED) is 0.799. The number of ether oxygens (including phenoxy) is 3. The molecule has 126 valence electrons. The molecule has 5 heteroatoms. The Hall–Kier alpha value is -2.27. The van der Waals surface area contributed by atoms with Crippen LogP contribution in [-0.2, 0) is 9.47 Å². The first-order chi connectivity index (χ1) is 11.7. The molecule has 1 aromatic carbocycles. The molecule has 0 saturated carbocycles. The van der Waals surface area contributed by atoms with E-state index in [0.29, 0.717) is 11.5 Å². The second-order valence-electron chi connectivity index (χ2n) is 6.52. The highest BCUT2D eigenvalue weighted by molar-refractivity contribution is 6.00. The normalized spacial score (nSPS) is 28.7. The predicted octanol–water partition coefficient (Wildman–Crippen LogP) is 2.60. The summed E-state index contributed by atoms with van der Waals surface area (Å²) in [6.45, 7) is 1.16. The van der Waals surface area contributed by atoms with Gasteiger partial charge in [-0.05, 0) is 62.3 Å². The number of carbonyl (C=O) groups excluding carboxylic acids is 1. The third kappa shape index (κ3) is 2.49. The molecule has 0 bridgehead atoms. The zero-order valence-electron chi connectivity index (χ0n) is 13.9. The lowest BCUT2D eigenvalue weighted by molar-refractivity contribution is 0.0651. The van der Waals surface area contributed by atoms with E-state index in [0.717, 1.165) is 30.2 Å². The van der Waals surface area contributed by atoms with Crippen LogP contribution in [0.4, 0.5) is 0 Å². The number of carbonyl (C=O) groups is 1. The average Bonchev–Trinajstić information content (AvgIpc) is 3.07. The molecule has 2 fully saturated rings. The zero-order valence-corrected chi connectivity index (χ0v) is 13.9. The third-order valence-corrected chi connectivity index (χ3v) is 5.17. The number of likely N-dealkylation sites (N-methyl/N-ethyl adjacent to an activating group) is 1. The second kappa shape index (κ2) is 5.98. The Labute approximate surface area is 141 Å². The number of ketones is 1. The van der Waals surface area contributed by atoms with Gasteiger partial charge >= 0.3 is 0 Å². The number of methoxy groups -OCH3 is 1. The Morgan fingerprint density at radius 2 is 1.88 bits per heavy atom. The fourth-order valence-electron chi connectivity index (χ4n) is 3.85. The van der Waals surface area contributed by atoms with Crippen LogP contribution in [0.2, 0.25) is 0 Å². The van der Waals surface area contributed by atoms with Crippen LogP contribution in [-0.4, -0.2) is 44.2 Å². The van der Waals surface area contributed by atoms with Crippen LogP contribution in [0.15, 0.2) is 47.9 Å². The highest BCUT2D eigenvalue weighted by Crippen LogP contribution is 2.40. The van der Waals surface area contributed by atoms with Crippen molar-refractivity contribution in [2.75, 3.05) is 27.5 Å². The fourth-order valence-corrected chi connectivity index (χ4v) is 3.85. The molecule has 2 aliphatic heterocycles. The second-order valence-corrected chi connectivity index (χ2v) is 6.52. The predicted molar refractivity (Wildman–Crippen MR) is 88.5 cm³/mol. The average molecular weight is 327 g/mol. The minimum absolute atomic E-state index is 0.110. The maximum absolute atomic E-state index is 13.2. The van der Waals surface area contributed by atoms with Gasteiger partial charge in [-0.15, -0.1) is 0 Å². The molecule has 3 unspecified atom stereocenters. The maximum Gasteiger partial charge on any atom is 0.231 e. The largest absolute Gasteiger partial charge is 0.497 e. The third-order valence-electron chi connectivity index (χ3n) is 5.17. The molecule has 3 aliphatic rings. The number of hydrogen-bond acceptors (Lipinski definition) is 5. The zero-order chi connectivity index (χ0) is 16.7. The van der Waals surface area contributed by atoms with E-state index in [-0.39, 0.29) is 24.5 Å². The molecule has 2 heterocycles. The summed E-state index contributed by atoms with van der Waals surface area (Å²) in [5, 5.41) is 0. The van der Waals surface area contributed by atoms with Crippen LogP contribution < -0.4 is 4.74 Å². The molecule has 0 spiro atoms. The van der Waals surface area contributed by atoms with Gasteiger partial charge in [-0.25, -0.2) is 0 Å². The number of allylic oxidation sites excluding steroid dienone is 1. The van der Waals surface area contributed by atoms with Gasteiger partial charge in [0, 0.05) is 11.5 Å². The summed E-state index contributed by atoms with van der Waals surface area (Å²) in [5.41, 5.74) is 0.713. The summed E-state index contributed by atoms with van der Waals surface area (Å²) in [5.74, 6) is 2.93. The lowest BCUT2D eigenvalue weighted by atomic mass is 9.74. The van der Waals surface area contributed by atoms with E-state index < -0.39 is 0 Å². The Morgan fingerprint density at radius 1 is 1.17 bits per heavy atom. The van der Waals surface area contributed by atoms with Crippen LogP contribution in [0.25, 0.3) is 0 Å². The SMILES string of the molecule is COc1ccc(C(=O)C2C3C=C4OCOC4=CC3CCN2C)cc1. The van der Waals surface area contributed by atoms with Crippen molar-refractivity contribution in [1.82, 2.24) is 4.90 Å². The van der Waals surface area contributed by atoms with E-state index in [1.807, 2.05) is 31.3 Å². The molecule has 0 N–H and O–H groups in total.